The molecule has 2 rings (SSSR count). The number of hydrogen-bond donors (Lipinski definition) is 0. The normalized spacial score (nSPS) is 16.4. The molecule has 0 aliphatic heterocycles. The number of rotatable bonds is 12. The number of allylic oxidation sites excluding steroid dienone is 11. The molecule has 1 aliphatic carbocycles. The van der Waals surface area contributed by atoms with E-state index in [0.29, 0.717) is 47.6 Å². The minimum Gasteiger partial charge on any atom is -0.494 e. The summed E-state index contributed by atoms with van der Waals surface area (Å²) < 4.78 is 49.0. The standard InChI is InChI=1S/C31H35F3O/c1-7-9-25-13-16-26(17-14-25)28-19-18-27(30(33)31(28)34)15-11-21(3)10-12-22(4)24(6)29(32)20-23(5)35-8-2/h7,9-10,12,16,18-20,25H,3-6,8,11,13-15,17H2,1-2H3/b9-7+,12-10-,29-20+. The smallest absolute Gasteiger partial charge is 0.166 e. The lowest BCUT2D eigenvalue weighted by molar-refractivity contribution is 0.243. The van der Waals surface area contributed by atoms with Gasteiger partial charge in [0.05, 0.1) is 6.61 Å². The fourth-order valence-corrected chi connectivity index (χ4v) is 3.88. The minimum atomic E-state index is -0.810. The summed E-state index contributed by atoms with van der Waals surface area (Å²) in [5, 5.41) is 0. The number of hydrogen-bond acceptors (Lipinski definition) is 1. The Morgan fingerprint density at radius 1 is 1.11 bits per heavy atom. The molecule has 0 spiro atoms. The van der Waals surface area contributed by atoms with Gasteiger partial charge in [0.1, 0.15) is 11.6 Å². The fraction of sp³-hybridized carbons (Fsp3) is 0.290. The van der Waals surface area contributed by atoms with E-state index >= 15 is 0 Å². The van der Waals surface area contributed by atoms with Crippen molar-refractivity contribution in [1.29, 1.82) is 0 Å². The molecule has 1 nitrogen and oxygen atoms in total. The Balaban J connectivity index is 1.97. The zero-order valence-electron chi connectivity index (χ0n) is 20.8. The van der Waals surface area contributed by atoms with Crippen LogP contribution in [0.5, 0.6) is 0 Å². The summed E-state index contributed by atoms with van der Waals surface area (Å²) in [6.45, 7) is 19.2. The van der Waals surface area contributed by atoms with Gasteiger partial charge in [-0.1, -0.05) is 74.4 Å². The molecule has 0 heterocycles. The fourth-order valence-electron chi connectivity index (χ4n) is 3.88. The molecule has 186 valence electrons. The Labute approximate surface area is 208 Å². The van der Waals surface area contributed by atoms with Crippen molar-refractivity contribution >= 4 is 5.57 Å². The summed E-state index contributed by atoms with van der Waals surface area (Å²) in [6.07, 6.45) is 13.9. The third-order valence-corrected chi connectivity index (χ3v) is 5.95. The van der Waals surface area contributed by atoms with Crippen molar-refractivity contribution < 1.29 is 17.9 Å². The number of ether oxygens (including phenoxy) is 1. The molecule has 1 unspecified atom stereocenters. The highest BCUT2D eigenvalue weighted by molar-refractivity contribution is 5.67. The molecule has 0 saturated carbocycles. The quantitative estimate of drug-likeness (QED) is 0.165. The van der Waals surface area contributed by atoms with E-state index in [1.807, 2.05) is 19.1 Å². The van der Waals surface area contributed by atoms with Crippen LogP contribution in [0.15, 0.2) is 103 Å². The molecular formula is C31H35F3O. The lowest BCUT2D eigenvalue weighted by Crippen LogP contribution is -2.06. The topological polar surface area (TPSA) is 9.23 Å². The molecule has 35 heavy (non-hydrogen) atoms. The van der Waals surface area contributed by atoms with E-state index in [2.05, 4.69) is 32.4 Å². The molecule has 0 aromatic heterocycles. The molecule has 1 aromatic carbocycles. The minimum absolute atomic E-state index is 0.104. The average Bonchev–Trinajstić information content (AvgIpc) is 2.83. The Morgan fingerprint density at radius 2 is 1.86 bits per heavy atom. The third kappa shape index (κ3) is 8.17. The Hall–Kier alpha value is -3.27. The van der Waals surface area contributed by atoms with E-state index in [1.54, 1.807) is 31.2 Å². The van der Waals surface area contributed by atoms with Crippen molar-refractivity contribution in [2.75, 3.05) is 6.61 Å². The van der Waals surface area contributed by atoms with E-state index < -0.39 is 17.5 Å². The maximum absolute atomic E-state index is 14.8. The second-order valence-corrected chi connectivity index (χ2v) is 8.58. The average molecular weight is 481 g/mol. The number of halogens is 3. The van der Waals surface area contributed by atoms with Gasteiger partial charge in [-0.25, -0.2) is 13.2 Å². The van der Waals surface area contributed by atoms with Gasteiger partial charge in [0.25, 0.3) is 0 Å². The predicted molar refractivity (Wildman–Crippen MR) is 141 cm³/mol. The van der Waals surface area contributed by atoms with Gasteiger partial charge < -0.3 is 4.74 Å². The number of aryl methyl sites for hydroxylation is 1. The summed E-state index contributed by atoms with van der Waals surface area (Å²) in [6, 6.07) is 3.32. The van der Waals surface area contributed by atoms with Crippen LogP contribution in [0.3, 0.4) is 0 Å². The third-order valence-electron chi connectivity index (χ3n) is 5.95. The molecule has 1 aliphatic rings. The van der Waals surface area contributed by atoms with Gasteiger partial charge in [0.2, 0.25) is 0 Å². The van der Waals surface area contributed by atoms with Gasteiger partial charge in [0, 0.05) is 17.2 Å². The maximum atomic E-state index is 14.8. The first kappa shape index (κ1) is 28.0. The molecule has 4 heteroatoms. The highest BCUT2D eigenvalue weighted by Gasteiger charge is 2.19. The van der Waals surface area contributed by atoms with Gasteiger partial charge >= 0.3 is 0 Å². The highest BCUT2D eigenvalue weighted by atomic mass is 19.2. The van der Waals surface area contributed by atoms with Crippen molar-refractivity contribution in [2.45, 2.75) is 46.0 Å². The van der Waals surface area contributed by atoms with Crippen LogP contribution in [0.25, 0.3) is 5.57 Å². The Bertz CT molecular complexity index is 1100. The SMILES string of the molecule is C=C(/C=C\C(=C)C(=C)/C(F)=C\C(=C)OCC)CCc1ccc(C2=CCC(/C=C/C)CC2)c(F)c1F. The first-order chi connectivity index (χ1) is 16.7. The molecular weight excluding hydrogens is 445 g/mol. The van der Waals surface area contributed by atoms with Gasteiger partial charge in [-0.2, -0.15) is 0 Å². The van der Waals surface area contributed by atoms with Crippen LogP contribution in [0.2, 0.25) is 0 Å². The van der Waals surface area contributed by atoms with Gasteiger partial charge in [-0.3, -0.25) is 0 Å². The van der Waals surface area contributed by atoms with Crippen molar-refractivity contribution in [3.05, 3.63) is 126 Å². The van der Waals surface area contributed by atoms with Crippen LogP contribution < -0.4 is 0 Å². The monoisotopic (exact) mass is 480 g/mol. The first-order valence-corrected chi connectivity index (χ1v) is 11.9. The van der Waals surface area contributed by atoms with Crippen molar-refractivity contribution in [1.82, 2.24) is 0 Å². The van der Waals surface area contributed by atoms with Crippen LogP contribution in [0.4, 0.5) is 13.2 Å². The summed E-state index contributed by atoms with van der Waals surface area (Å²) in [5.41, 5.74) is 2.66. The molecule has 0 saturated heterocycles. The van der Waals surface area contributed by atoms with Crippen LogP contribution in [-0.4, -0.2) is 6.61 Å². The molecule has 1 aromatic rings. The van der Waals surface area contributed by atoms with E-state index in [1.165, 1.54) is 0 Å². The molecule has 0 radical (unpaired) electrons. The lowest BCUT2D eigenvalue weighted by atomic mass is 9.86. The zero-order chi connectivity index (χ0) is 26.0. The largest absolute Gasteiger partial charge is 0.494 e. The van der Waals surface area contributed by atoms with Crippen molar-refractivity contribution in [2.24, 2.45) is 5.92 Å². The van der Waals surface area contributed by atoms with E-state index in [4.69, 9.17) is 4.74 Å². The summed E-state index contributed by atoms with van der Waals surface area (Å²) in [4.78, 5) is 0. The lowest BCUT2D eigenvalue weighted by Gasteiger charge is -2.20. The Kier molecular flexibility index (Phi) is 10.8. The Morgan fingerprint density at radius 3 is 2.49 bits per heavy atom. The highest BCUT2D eigenvalue weighted by Crippen LogP contribution is 2.33. The maximum Gasteiger partial charge on any atom is 0.166 e. The van der Waals surface area contributed by atoms with E-state index in [-0.39, 0.29) is 11.3 Å². The van der Waals surface area contributed by atoms with E-state index in [0.717, 1.165) is 30.9 Å². The molecule has 0 fully saturated rings. The second-order valence-electron chi connectivity index (χ2n) is 8.58. The summed E-state index contributed by atoms with van der Waals surface area (Å²) in [5.74, 6) is -1.53. The molecule has 0 bridgehead atoms. The van der Waals surface area contributed by atoms with Gasteiger partial charge in [0.15, 0.2) is 11.6 Å². The van der Waals surface area contributed by atoms with Gasteiger partial charge in [-0.15, -0.1) is 0 Å². The van der Waals surface area contributed by atoms with Gasteiger partial charge in [-0.05, 0) is 68.6 Å². The van der Waals surface area contributed by atoms with Crippen molar-refractivity contribution in [3.8, 4) is 0 Å². The summed E-state index contributed by atoms with van der Waals surface area (Å²) in [7, 11) is 0. The van der Waals surface area contributed by atoms with Crippen LogP contribution in [0, 0.1) is 17.6 Å². The second kappa shape index (κ2) is 13.6. The van der Waals surface area contributed by atoms with Crippen molar-refractivity contribution in [3.63, 3.8) is 0 Å². The molecule has 1 atom stereocenters. The molecule has 0 N–H and O–H groups in total. The number of benzene rings is 1. The zero-order valence-corrected chi connectivity index (χ0v) is 20.8. The predicted octanol–water partition coefficient (Wildman–Crippen LogP) is 9.29. The van der Waals surface area contributed by atoms with Crippen LogP contribution >= 0.6 is 0 Å². The first-order valence-electron chi connectivity index (χ1n) is 11.9. The van der Waals surface area contributed by atoms with Crippen LogP contribution in [0.1, 0.15) is 50.7 Å². The molecule has 0 amide bonds. The van der Waals surface area contributed by atoms with Crippen LogP contribution in [-0.2, 0) is 11.2 Å². The summed E-state index contributed by atoms with van der Waals surface area (Å²) >= 11 is 0. The van der Waals surface area contributed by atoms with E-state index in [9.17, 15) is 13.2 Å².